The summed E-state index contributed by atoms with van der Waals surface area (Å²) >= 11 is 0. The maximum Gasteiger partial charge on any atom is 0.417 e. The molecule has 0 heterocycles. The molecule has 1 rings (SSSR count). The first-order valence-electron chi connectivity index (χ1n) is 4.96. The van der Waals surface area contributed by atoms with E-state index in [0.29, 0.717) is 6.92 Å². The Hall–Kier alpha value is -1.63. The van der Waals surface area contributed by atoms with E-state index < -0.39 is 29.9 Å². The number of carbonyl (C=O) groups is 1. The molecule has 3 nitrogen and oxygen atoms in total. The van der Waals surface area contributed by atoms with Crippen molar-refractivity contribution in [2.24, 2.45) is 0 Å². The Labute approximate surface area is 100 Å². The van der Waals surface area contributed by atoms with Crippen molar-refractivity contribution in [1.82, 2.24) is 0 Å². The van der Waals surface area contributed by atoms with E-state index in [0.717, 1.165) is 12.1 Å². The first-order chi connectivity index (χ1) is 8.12. The molecule has 0 radical (unpaired) electrons. The summed E-state index contributed by atoms with van der Waals surface area (Å²) in [4.78, 5) is 11.3. The number of halogens is 4. The topological polar surface area (TPSA) is 49.3 Å². The Morgan fingerprint density at radius 1 is 1.28 bits per heavy atom. The van der Waals surface area contributed by atoms with Crippen molar-refractivity contribution < 1.29 is 27.5 Å². The molecule has 0 spiro atoms. The third-order valence-corrected chi connectivity index (χ3v) is 2.24. The fraction of sp³-hybridized carbons (Fsp3) is 0.364. The predicted octanol–water partition coefficient (Wildman–Crippen LogP) is 2.47. The number of aliphatic hydroxyl groups is 1. The van der Waals surface area contributed by atoms with Gasteiger partial charge >= 0.3 is 6.18 Å². The van der Waals surface area contributed by atoms with Gasteiger partial charge in [0.05, 0.1) is 6.42 Å². The van der Waals surface area contributed by atoms with Crippen molar-refractivity contribution in [2.45, 2.75) is 25.1 Å². The van der Waals surface area contributed by atoms with Gasteiger partial charge in [-0.05, 0) is 31.2 Å². The lowest BCUT2D eigenvalue weighted by Crippen LogP contribution is -2.44. The van der Waals surface area contributed by atoms with E-state index in [1.807, 2.05) is 0 Å². The third kappa shape index (κ3) is 3.69. The molecule has 0 aliphatic carbocycles. The lowest BCUT2D eigenvalue weighted by Gasteiger charge is -2.25. The minimum Gasteiger partial charge on any atom is -0.380 e. The van der Waals surface area contributed by atoms with Gasteiger partial charge in [0.25, 0.3) is 0 Å². The quantitative estimate of drug-likeness (QED) is 0.825. The number of nitrogens with one attached hydrogen (secondary N) is 1. The first kappa shape index (κ1) is 14.4. The Kier molecular flexibility index (Phi) is 3.95. The van der Waals surface area contributed by atoms with Gasteiger partial charge in [-0.1, -0.05) is 0 Å². The second-order valence-electron chi connectivity index (χ2n) is 4.00. The average Bonchev–Trinajstić information content (AvgIpc) is 2.19. The molecule has 0 bridgehead atoms. The number of anilines is 1. The van der Waals surface area contributed by atoms with Crippen LogP contribution < -0.4 is 5.32 Å². The van der Waals surface area contributed by atoms with E-state index >= 15 is 0 Å². The number of hydrogen-bond acceptors (Lipinski definition) is 2. The van der Waals surface area contributed by atoms with Gasteiger partial charge in [0.15, 0.2) is 5.60 Å². The SMILES string of the molecule is CC(O)(CC(=O)Nc1ccc(F)cc1)C(F)(F)F. The van der Waals surface area contributed by atoms with Crippen LogP contribution in [-0.4, -0.2) is 22.8 Å². The van der Waals surface area contributed by atoms with E-state index in [1.54, 1.807) is 0 Å². The maximum absolute atomic E-state index is 12.6. The molecule has 0 aromatic heterocycles. The zero-order valence-corrected chi connectivity index (χ0v) is 9.38. The van der Waals surface area contributed by atoms with Gasteiger partial charge in [-0.3, -0.25) is 4.79 Å². The Morgan fingerprint density at radius 3 is 2.22 bits per heavy atom. The number of rotatable bonds is 3. The molecule has 7 heteroatoms. The zero-order chi connectivity index (χ0) is 14.0. The van der Waals surface area contributed by atoms with E-state index in [4.69, 9.17) is 5.11 Å². The van der Waals surface area contributed by atoms with Crippen LogP contribution in [0.2, 0.25) is 0 Å². The molecule has 2 N–H and O–H groups in total. The molecular formula is C11H11F4NO2. The van der Waals surface area contributed by atoms with Gasteiger partial charge < -0.3 is 10.4 Å². The van der Waals surface area contributed by atoms with E-state index in [1.165, 1.54) is 12.1 Å². The lowest BCUT2D eigenvalue weighted by atomic mass is 10.0. The molecule has 0 saturated heterocycles. The number of hydrogen-bond donors (Lipinski definition) is 2. The van der Waals surface area contributed by atoms with Gasteiger partial charge in [-0.25, -0.2) is 4.39 Å². The van der Waals surface area contributed by atoms with Crippen LogP contribution in [0.5, 0.6) is 0 Å². The summed E-state index contributed by atoms with van der Waals surface area (Å²) in [6.07, 6.45) is -6.03. The van der Waals surface area contributed by atoms with Crippen LogP contribution in [-0.2, 0) is 4.79 Å². The fourth-order valence-corrected chi connectivity index (χ4v) is 1.15. The standard InChI is InChI=1S/C11H11F4NO2/c1-10(18,11(13,14)15)6-9(17)16-8-4-2-7(12)3-5-8/h2-5,18H,6H2,1H3,(H,16,17). The van der Waals surface area contributed by atoms with Crippen LogP contribution in [0, 0.1) is 5.82 Å². The van der Waals surface area contributed by atoms with Gasteiger partial charge in [-0.2, -0.15) is 13.2 Å². The molecule has 0 fully saturated rings. The Bertz CT molecular complexity index is 426. The van der Waals surface area contributed by atoms with Crippen molar-refractivity contribution in [2.75, 3.05) is 5.32 Å². The number of carbonyl (C=O) groups excluding carboxylic acids is 1. The lowest BCUT2D eigenvalue weighted by molar-refractivity contribution is -0.252. The fourth-order valence-electron chi connectivity index (χ4n) is 1.15. The van der Waals surface area contributed by atoms with Crippen LogP contribution >= 0.6 is 0 Å². The van der Waals surface area contributed by atoms with Crippen molar-refractivity contribution >= 4 is 11.6 Å². The summed E-state index contributed by atoms with van der Waals surface area (Å²) < 4.78 is 49.5. The number of alkyl halides is 3. The van der Waals surface area contributed by atoms with Gasteiger partial charge in [-0.15, -0.1) is 0 Å². The highest BCUT2D eigenvalue weighted by Crippen LogP contribution is 2.32. The smallest absolute Gasteiger partial charge is 0.380 e. The molecule has 1 atom stereocenters. The number of benzene rings is 1. The zero-order valence-electron chi connectivity index (χ0n) is 9.38. The maximum atomic E-state index is 12.6. The van der Waals surface area contributed by atoms with Crippen molar-refractivity contribution in [3.8, 4) is 0 Å². The van der Waals surface area contributed by atoms with E-state index in [9.17, 15) is 22.4 Å². The third-order valence-electron chi connectivity index (χ3n) is 2.24. The van der Waals surface area contributed by atoms with Crippen molar-refractivity contribution in [3.05, 3.63) is 30.1 Å². The largest absolute Gasteiger partial charge is 0.417 e. The normalized spacial score (nSPS) is 15.0. The van der Waals surface area contributed by atoms with E-state index in [2.05, 4.69) is 5.32 Å². The van der Waals surface area contributed by atoms with Crippen LogP contribution in [0.4, 0.5) is 23.2 Å². The van der Waals surface area contributed by atoms with Gasteiger partial charge in [0, 0.05) is 5.69 Å². The highest BCUT2D eigenvalue weighted by atomic mass is 19.4. The minimum atomic E-state index is -4.90. The Balaban J connectivity index is 2.65. The average molecular weight is 265 g/mol. The second-order valence-corrected chi connectivity index (χ2v) is 4.00. The molecular weight excluding hydrogens is 254 g/mol. The summed E-state index contributed by atoms with van der Waals surface area (Å²) in [5.41, 5.74) is -2.95. The van der Waals surface area contributed by atoms with Crippen molar-refractivity contribution in [1.29, 1.82) is 0 Å². The highest BCUT2D eigenvalue weighted by molar-refractivity contribution is 5.91. The highest BCUT2D eigenvalue weighted by Gasteiger charge is 2.50. The minimum absolute atomic E-state index is 0.152. The molecule has 100 valence electrons. The van der Waals surface area contributed by atoms with E-state index in [-0.39, 0.29) is 5.69 Å². The molecule has 0 aliphatic rings. The molecule has 1 aromatic carbocycles. The Morgan fingerprint density at radius 2 is 1.78 bits per heavy atom. The van der Waals surface area contributed by atoms with Crippen LogP contribution in [0.15, 0.2) is 24.3 Å². The van der Waals surface area contributed by atoms with Crippen LogP contribution in [0.25, 0.3) is 0 Å². The molecule has 0 aliphatic heterocycles. The monoisotopic (exact) mass is 265 g/mol. The van der Waals surface area contributed by atoms with Gasteiger partial charge in [0.1, 0.15) is 5.82 Å². The number of amides is 1. The summed E-state index contributed by atoms with van der Waals surface area (Å²) in [6, 6.07) is 4.51. The summed E-state index contributed by atoms with van der Waals surface area (Å²) in [5.74, 6) is -1.54. The summed E-state index contributed by atoms with van der Waals surface area (Å²) in [6.45, 7) is 0.511. The molecule has 1 amide bonds. The molecule has 0 saturated carbocycles. The predicted molar refractivity (Wildman–Crippen MR) is 56.3 cm³/mol. The van der Waals surface area contributed by atoms with Gasteiger partial charge in [0.2, 0.25) is 5.91 Å². The van der Waals surface area contributed by atoms with Crippen LogP contribution in [0.1, 0.15) is 13.3 Å². The first-order valence-corrected chi connectivity index (χ1v) is 4.96. The summed E-state index contributed by atoms with van der Waals surface area (Å²) in [7, 11) is 0. The molecule has 1 aromatic rings. The molecule has 18 heavy (non-hydrogen) atoms. The second kappa shape index (κ2) is 4.93. The van der Waals surface area contributed by atoms with Crippen molar-refractivity contribution in [3.63, 3.8) is 0 Å². The summed E-state index contributed by atoms with van der Waals surface area (Å²) in [5, 5.41) is 11.2. The molecule has 1 unspecified atom stereocenters. The van der Waals surface area contributed by atoms with Crippen LogP contribution in [0.3, 0.4) is 0 Å².